The maximum Gasteiger partial charge on any atom is 0.338 e. The lowest BCUT2D eigenvalue weighted by atomic mass is 10.1. The Bertz CT molecular complexity index is 800. The van der Waals surface area contributed by atoms with Crippen LogP contribution in [0.15, 0.2) is 61.2 Å². The van der Waals surface area contributed by atoms with E-state index < -0.39 is 12.1 Å². The number of carbonyl (C=O) groups excluding carboxylic acids is 1. The smallest absolute Gasteiger partial charge is 0.338 e. The molecule has 0 saturated carbocycles. The van der Waals surface area contributed by atoms with E-state index in [1.807, 2.05) is 24.3 Å². The van der Waals surface area contributed by atoms with Crippen LogP contribution in [0.3, 0.4) is 0 Å². The monoisotopic (exact) mass is 456 g/mol. The van der Waals surface area contributed by atoms with E-state index >= 15 is 0 Å². The summed E-state index contributed by atoms with van der Waals surface area (Å²) >= 11 is 0. The van der Waals surface area contributed by atoms with Crippen LogP contribution in [0.5, 0.6) is 17.2 Å². The normalized spacial score (nSPS) is 11.5. The van der Waals surface area contributed by atoms with E-state index in [1.165, 1.54) is 38.2 Å². The minimum absolute atomic E-state index is 0.0692. The summed E-state index contributed by atoms with van der Waals surface area (Å²) in [6.07, 6.45) is 8.13. The number of rotatable bonds is 17. The van der Waals surface area contributed by atoms with Crippen molar-refractivity contribution in [2.45, 2.75) is 51.6 Å². The van der Waals surface area contributed by atoms with Crippen LogP contribution in [0.2, 0.25) is 0 Å². The van der Waals surface area contributed by atoms with Gasteiger partial charge in [0.15, 0.2) is 0 Å². The summed E-state index contributed by atoms with van der Waals surface area (Å²) in [5.41, 5.74) is 0.424. The number of unbranched alkanes of at least 4 members (excludes halogenated alkanes) is 5. The van der Waals surface area contributed by atoms with Gasteiger partial charge in [-0.3, -0.25) is 0 Å². The molecule has 1 N–H and O–H groups in total. The molecule has 33 heavy (non-hydrogen) atoms. The average molecular weight is 457 g/mol. The second-order valence-corrected chi connectivity index (χ2v) is 7.77. The molecule has 0 heterocycles. The van der Waals surface area contributed by atoms with Crippen LogP contribution in [-0.2, 0) is 4.74 Å². The summed E-state index contributed by atoms with van der Waals surface area (Å²) in [6.45, 7) is 6.78. The number of aliphatic hydroxyl groups excluding tert-OH is 1. The number of ether oxygens (including phenoxy) is 4. The molecule has 0 amide bonds. The van der Waals surface area contributed by atoms with Crippen molar-refractivity contribution in [3.8, 4) is 17.2 Å². The van der Waals surface area contributed by atoms with E-state index in [4.69, 9.17) is 18.9 Å². The predicted octanol–water partition coefficient (Wildman–Crippen LogP) is 5.59. The Kier molecular flexibility index (Phi) is 12.5. The zero-order valence-electron chi connectivity index (χ0n) is 19.5. The van der Waals surface area contributed by atoms with Gasteiger partial charge in [0.1, 0.15) is 43.2 Å². The minimum Gasteiger partial charge on any atom is -0.494 e. The highest BCUT2D eigenvalue weighted by molar-refractivity contribution is 5.89. The second kappa shape index (κ2) is 15.8. The quantitative estimate of drug-likeness (QED) is 0.190. The van der Waals surface area contributed by atoms with Crippen LogP contribution < -0.4 is 14.2 Å². The topological polar surface area (TPSA) is 74.2 Å². The van der Waals surface area contributed by atoms with Gasteiger partial charge in [0.05, 0.1) is 12.2 Å². The third-order valence-electron chi connectivity index (χ3n) is 4.90. The first-order chi connectivity index (χ1) is 16.1. The molecule has 0 spiro atoms. The van der Waals surface area contributed by atoms with Crippen LogP contribution >= 0.6 is 0 Å². The Hall–Kier alpha value is -2.99. The van der Waals surface area contributed by atoms with Gasteiger partial charge in [-0.2, -0.15) is 0 Å². The molecule has 0 aliphatic heterocycles. The molecule has 1 atom stereocenters. The van der Waals surface area contributed by atoms with Crippen LogP contribution in [0.25, 0.3) is 0 Å². The van der Waals surface area contributed by atoms with E-state index in [-0.39, 0.29) is 19.8 Å². The van der Waals surface area contributed by atoms with E-state index in [9.17, 15) is 9.90 Å². The highest BCUT2D eigenvalue weighted by Crippen LogP contribution is 2.19. The molecule has 2 rings (SSSR count). The third kappa shape index (κ3) is 10.9. The molecule has 0 saturated heterocycles. The zero-order chi connectivity index (χ0) is 23.7. The molecule has 0 fully saturated rings. The van der Waals surface area contributed by atoms with Crippen molar-refractivity contribution in [2.75, 3.05) is 26.4 Å². The van der Waals surface area contributed by atoms with Gasteiger partial charge in [-0.1, -0.05) is 51.7 Å². The molecule has 0 aromatic heterocycles. The summed E-state index contributed by atoms with van der Waals surface area (Å²) in [5.74, 6) is 1.59. The Morgan fingerprint density at radius 2 is 1.36 bits per heavy atom. The lowest BCUT2D eigenvalue weighted by molar-refractivity contribution is 0.0548. The minimum atomic E-state index is -0.800. The molecule has 6 heteroatoms. The molecule has 1 unspecified atom stereocenters. The summed E-state index contributed by atoms with van der Waals surface area (Å²) in [4.78, 5) is 11.8. The lowest BCUT2D eigenvalue weighted by Crippen LogP contribution is -2.25. The highest BCUT2D eigenvalue weighted by atomic mass is 16.5. The molecule has 2 aromatic rings. The van der Waals surface area contributed by atoms with Crippen LogP contribution in [-0.4, -0.2) is 43.6 Å². The fraction of sp³-hybridized carbons (Fsp3) is 0.444. The van der Waals surface area contributed by atoms with E-state index in [0.29, 0.717) is 17.1 Å². The van der Waals surface area contributed by atoms with Crippen LogP contribution in [0.1, 0.15) is 55.8 Å². The number of hydrogen-bond donors (Lipinski definition) is 1. The van der Waals surface area contributed by atoms with Crippen molar-refractivity contribution < 1.29 is 28.8 Å². The maximum absolute atomic E-state index is 11.8. The first-order valence-electron chi connectivity index (χ1n) is 11.7. The number of hydrogen-bond acceptors (Lipinski definition) is 6. The average Bonchev–Trinajstić information content (AvgIpc) is 2.85. The third-order valence-corrected chi connectivity index (χ3v) is 4.90. The van der Waals surface area contributed by atoms with Gasteiger partial charge in [0, 0.05) is 0 Å². The van der Waals surface area contributed by atoms with Crippen LogP contribution in [0.4, 0.5) is 0 Å². The Morgan fingerprint density at radius 1 is 0.848 bits per heavy atom. The van der Waals surface area contributed by atoms with Gasteiger partial charge in [-0.25, -0.2) is 4.79 Å². The first kappa shape index (κ1) is 26.3. The lowest BCUT2D eigenvalue weighted by Gasteiger charge is -2.14. The molecule has 6 nitrogen and oxygen atoms in total. The number of benzene rings is 2. The first-order valence-corrected chi connectivity index (χ1v) is 11.7. The molecule has 2 aromatic carbocycles. The van der Waals surface area contributed by atoms with E-state index in [2.05, 4.69) is 13.5 Å². The maximum atomic E-state index is 11.8. The molecule has 180 valence electrons. The van der Waals surface area contributed by atoms with Crippen molar-refractivity contribution in [3.63, 3.8) is 0 Å². The molecule has 0 bridgehead atoms. The number of esters is 1. The Labute approximate surface area is 197 Å². The van der Waals surface area contributed by atoms with E-state index in [0.717, 1.165) is 18.8 Å². The summed E-state index contributed by atoms with van der Waals surface area (Å²) < 4.78 is 21.9. The van der Waals surface area contributed by atoms with Crippen molar-refractivity contribution in [1.82, 2.24) is 0 Å². The molecular formula is C27H36O6. The summed E-state index contributed by atoms with van der Waals surface area (Å²) in [7, 11) is 0. The van der Waals surface area contributed by atoms with Crippen molar-refractivity contribution in [1.29, 1.82) is 0 Å². The molecular weight excluding hydrogens is 420 g/mol. The molecule has 0 radical (unpaired) electrons. The zero-order valence-corrected chi connectivity index (χ0v) is 19.5. The fourth-order valence-electron chi connectivity index (χ4n) is 3.04. The van der Waals surface area contributed by atoms with Gasteiger partial charge in [0.25, 0.3) is 0 Å². The standard InChI is InChI=1S/C27H36O6/c1-3-5-6-7-8-9-19-30-24-14-16-26(17-15-24)33-21-23(28)20-32-25-12-10-22(11-13-25)27(29)31-18-4-2/h4,10-17,23,28H,2-3,5-9,18-21H2,1H3. The molecule has 0 aliphatic rings. The Balaban J connectivity index is 1.62. The van der Waals surface area contributed by atoms with Gasteiger partial charge in [-0.05, 0) is 55.0 Å². The van der Waals surface area contributed by atoms with Gasteiger partial charge >= 0.3 is 5.97 Å². The number of aliphatic hydroxyl groups is 1. The van der Waals surface area contributed by atoms with Gasteiger partial charge < -0.3 is 24.1 Å². The van der Waals surface area contributed by atoms with Crippen molar-refractivity contribution in [3.05, 3.63) is 66.7 Å². The van der Waals surface area contributed by atoms with Gasteiger partial charge in [-0.15, -0.1) is 0 Å². The highest BCUT2D eigenvalue weighted by Gasteiger charge is 2.09. The fourth-order valence-corrected chi connectivity index (χ4v) is 3.04. The van der Waals surface area contributed by atoms with E-state index in [1.54, 1.807) is 24.3 Å². The van der Waals surface area contributed by atoms with Crippen molar-refractivity contribution in [2.24, 2.45) is 0 Å². The largest absolute Gasteiger partial charge is 0.494 e. The van der Waals surface area contributed by atoms with Crippen LogP contribution in [0, 0.1) is 0 Å². The second-order valence-electron chi connectivity index (χ2n) is 7.77. The SMILES string of the molecule is C=CCOC(=O)c1ccc(OCC(O)COc2ccc(OCCCCCCCC)cc2)cc1. The van der Waals surface area contributed by atoms with Crippen molar-refractivity contribution >= 4 is 5.97 Å². The molecule has 0 aliphatic carbocycles. The Morgan fingerprint density at radius 3 is 1.94 bits per heavy atom. The predicted molar refractivity (Wildman–Crippen MR) is 129 cm³/mol. The van der Waals surface area contributed by atoms with Gasteiger partial charge in [0.2, 0.25) is 0 Å². The summed E-state index contributed by atoms with van der Waals surface area (Å²) in [6, 6.07) is 13.9. The number of carbonyl (C=O) groups is 1. The summed E-state index contributed by atoms with van der Waals surface area (Å²) in [5, 5.41) is 10.1.